The lowest BCUT2D eigenvalue weighted by atomic mass is 9.97. The van der Waals surface area contributed by atoms with Crippen molar-refractivity contribution in [3.05, 3.63) is 24.3 Å². The van der Waals surface area contributed by atoms with Crippen LogP contribution in [0.15, 0.2) is 34.1 Å². The zero-order chi connectivity index (χ0) is 19.5. The fraction of sp³-hybridized carbons (Fsp3) is 0.667. The first-order chi connectivity index (χ1) is 12.8. The molecule has 0 aromatic heterocycles. The molecule has 3 rings (SSSR count). The number of likely N-dealkylation sites (tertiary alicyclic amines) is 1. The predicted molar refractivity (Wildman–Crippen MR) is 104 cm³/mol. The van der Waals surface area contributed by atoms with Gasteiger partial charge in [0, 0.05) is 12.6 Å². The fourth-order valence-corrected chi connectivity index (χ4v) is 5.75. The van der Waals surface area contributed by atoms with E-state index >= 15 is 0 Å². The number of benzene rings is 1. The van der Waals surface area contributed by atoms with Crippen LogP contribution in [0.4, 0.5) is 0 Å². The molecule has 0 unspecified atom stereocenters. The molecule has 27 heavy (non-hydrogen) atoms. The van der Waals surface area contributed by atoms with Crippen molar-refractivity contribution in [2.75, 3.05) is 26.2 Å². The summed E-state index contributed by atoms with van der Waals surface area (Å²) in [5.41, 5.74) is 0. The smallest absolute Gasteiger partial charge is 0.240 e. The van der Waals surface area contributed by atoms with E-state index in [1.54, 1.807) is 0 Å². The van der Waals surface area contributed by atoms with Gasteiger partial charge in [-0.3, -0.25) is 0 Å². The maximum Gasteiger partial charge on any atom is 0.240 e. The Bertz CT molecular complexity index is 826. The monoisotopic (exact) mass is 415 g/mol. The van der Waals surface area contributed by atoms with E-state index in [9.17, 15) is 16.8 Å². The lowest BCUT2D eigenvalue weighted by Gasteiger charge is -2.31. The molecule has 9 heteroatoms. The first-order valence-corrected chi connectivity index (χ1v) is 12.6. The maximum atomic E-state index is 12.5. The summed E-state index contributed by atoms with van der Waals surface area (Å²) in [6.07, 6.45) is 4.83. The van der Waals surface area contributed by atoms with E-state index in [-0.39, 0.29) is 15.8 Å². The van der Waals surface area contributed by atoms with Crippen LogP contribution in [-0.2, 0) is 20.0 Å². The third kappa shape index (κ3) is 5.74. The van der Waals surface area contributed by atoms with Crippen molar-refractivity contribution in [3.63, 3.8) is 0 Å². The van der Waals surface area contributed by atoms with E-state index in [4.69, 9.17) is 0 Å². The summed E-state index contributed by atoms with van der Waals surface area (Å²) in [6.45, 7) is 5.72. The van der Waals surface area contributed by atoms with Crippen LogP contribution >= 0.6 is 0 Å². The summed E-state index contributed by atoms with van der Waals surface area (Å²) < 4.78 is 54.6. The molecule has 0 atom stereocenters. The second-order valence-electron chi connectivity index (χ2n) is 7.50. The third-order valence-corrected chi connectivity index (χ3v) is 8.13. The molecule has 152 valence electrons. The van der Waals surface area contributed by atoms with Gasteiger partial charge >= 0.3 is 0 Å². The lowest BCUT2D eigenvalue weighted by Crippen LogP contribution is -2.38. The topological polar surface area (TPSA) is 95.6 Å². The van der Waals surface area contributed by atoms with Gasteiger partial charge in [0.25, 0.3) is 0 Å². The highest BCUT2D eigenvalue weighted by atomic mass is 32.2. The van der Waals surface area contributed by atoms with E-state index < -0.39 is 20.0 Å². The van der Waals surface area contributed by atoms with Gasteiger partial charge in [-0.05, 0) is 81.9 Å². The largest absolute Gasteiger partial charge is 0.303 e. The fourth-order valence-electron chi connectivity index (χ4n) is 3.33. The number of rotatable bonds is 9. The van der Waals surface area contributed by atoms with Gasteiger partial charge in [0.05, 0.1) is 9.79 Å². The number of hydrogen-bond acceptors (Lipinski definition) is 5. The van der Waals surface area contributed by atoms with Crippen LogP contribution < -0.4 is 9.44 Å². The van der Waals surface area contributed by atoms with Crippen LogP contribution in [-0.4, -0.2) is 54.0 Å². The summed E-state index contributed by atoms with van der Waals surface area (Å²) in [7, 11) is -7.20. The number of piperidine rings is 1. The minimum Gasteiger partial charge on any atom is -0.303 e. The van der Waals surface area contributed by atoms with Crippen LogP contribution in [0.2, 0.25) is 0 Å². The second-order valence-corrected chi connectivity index (χ2v) is 11.0. The average molecular weight is 416 g/mol. The molecular weight excluding hydrogens is 386 g/mol. The molecule has 2 N–H and O–H groups in total. The molecule has 2 fully saturated rings. The molecule has 7 nitrogen and oxygen atoms in total. The van der Waals surface area contributed by atoms with Crippen molar-refractivity contribution in [2.45, 2.75) is 54.9 Å². The number of sulfonamides is 2. The van der Waals surface area contributed by atoms with E-state index in [2.05, 4.69) is 21.3 Å². The molecule has 0 spiro atoms. The minimum absolute atomic E-state index is 0.0174. The van der Waals surface area contributed by atoms with Gasteiger partial charge in [0.2, 0.25) is 20.0 Å². The molecule has 1 aliphatic carbocycles. The zero-order valence-corrected chi connectivity index (χ0v) is 17.4. The number of hydrogen-bond donors (Lipinski definition) is 2. The van der Waals surface area contributed by atoms with E-state index in [1.165, 1.54) is 24.3 Å². The first-order valence-electron chi connectivity index (χ1n) is 9.64. The quantitative estimate of drug-likeness (QED) is 0.638. The molecule has 0 bridgehead atoms. The van der Waals surface area contributed by atoms with E-state index in [0.717, 1.165) is 51.7 Å². The van der Waals surface area contributed by atoms with Crippen LogP contribution in [0.5, 0.6) is 0 Å². The Morgan fingerprint density at radius 2 is 1.48 bits per heavy atom. The molecular formula is C18H29N3O4S2. The molecule has 1 aromatic rings. The average Bonchev–Trinajstić information content (AvgIpc) is 3.45. The summed E-state index contributed by atoms with van der Waals surface area (Å²) >= 11 is 0. The Kier molecular flexibility index (Phi) is 6.58. The van der Waals surface area contributed by atoms with Crippen molar-refractivity contribution in [1.82, 2.24) is 14.3 Å². The normalized spacial score (nSPS) is 20.0. The van der Waals surface area contributed by atoms with Crippen LogP contribution in [0.3, 0.4) is 0 Å². The van der Waals surface area contributed by atoms with Gasteiger partial charge in [0.1, 0.15) is 0 Å². The molecule has 1 heterocycles. The highest BCUT2D eigenvalue weighted by Gasteiger charge is 2.28. The Hall–Kier alpha value is -1.00. The molecule has 0 amide bonds. The Balaban J connectivity index is 1.55. The third-order valence-electron chi connectivity index (χ3n) is 5.15. The van der Waals surface area contributed by atoms with Crippen molar-refractivity contribution in [1.29, 1.82) is 0 Å². The van der Waals surface area contributed by atoms with Crippen LogP contribution in [0, 0.1) is 5.92 Å². The standard InChI is InChI=1S/C18H29N3O4S2/c1-2-11-21-12-9-15(10-13-21)14-19-26(22,23)17-5-7-18(8-6-17)27(24,25)20-16-3-4-16/h5-8,15-16,19-20H,2-4,9-14H2,1H3. The van der Waals surface area contributed by atoms with Crippen molar-refractivity contribution < 1.29 is 16.8 Å². The van der Waals surface area contributed by atoms with Crippen LogP contribution in [0.1, 0.15) is 39.0 Å². The highest BCUT2D eigenvalue weighted by Crippen LogP contribution is 2.23. The molecule has 1 aromatic carbocycles. The maximum absolute atomic E-state index is 12.5. The molecule has 1 saturated carbocycles. The Morgan fingerprint density at radius 1 is 0.926 bits per heavy atom. The Labute approximate surface area is 162 Å². The first kappa shape index (κ1) is 20.7. The number of nitrogens with zero attached hydrogens (tertiary/aromatic N) is 1. The molecule has 1 saturated heterocycles. The summed E-state index contributed by atoms with van der Waals surface area (Å²) in [5.74, 6) is 0.343. The summed E-state index contributed by atoms with van der Waals surface area (Å²) in [6, 6.07) is 5.43. The van der Waals surface area contributed by atoms with Gasteiger partial charge in [-0.25, -0.2) is 26.3 Å². The van der Waals surface area contributed by atoms with Crippen molar-refractivity contribution >= 4 is 20.0 Å². The molecule has 2 aliphatic rings. The number of nitrogens with one attached hydrogen (secondary N) is 2. The second kappa shape index (κ2) is 8.57. The highest BCUT2D eigenvalue weighted by molar-refractivity contribution is 7.90. The van der Waals surface area contributed by atoms with Gasteiger partial charge in [-0.15, -0.1) is 0 Å². The summed E-state index contributed by atoms with van der Waals surface area (Å²) in [4.78, 5) is 2.60. The van der Waals surface area contributed by atoms with Crippen molar-refractivity contribution in [3.8, 4) is 0 Å². The Morgan fingerprint density at radius 3 is 2.00 bits per heavy atom. The predicted octanol–water partition coefficient (Wildman–Crippen LogP) is 1.53. The van der Waals surface area contributed by atoms with Crippen molar-refractivity contribution in [2.24, 2.45) is 5.92 Å². The SMILES string of the molecule is CCCN1CCC(CNS(=O)(=O)c2ccc(S(=O)(=O)NC3CC3)cc2)CC1. The molecule has 1 aliphatic heterocycles. The zero-order valence-electron chi connectivity index (χ0n) is 15.7. The molecule has 0 radical (unpaired) electrons. The van der Waals surface area contributed by atoms with E-state index in [0.29, 0.717) is 12.5 Å². The lowest BCUT2D eigenvalue weighted by molar-refractivity contribution is 0.186. The van der Waals surface area contributed by atoms with Gasteiger partial charge in [-0.1, -0.05) is 6.92 Å². The van der Waals surface area contributed by atoms with Gasteiger partial charge in [0.15, 0.2) is 0 Å². The van der Waals surface area contributed by atoms with Gasteiger partial charge < -0.3 is 4.90 Å². The van der Waals surface area contributed by atoms with Gasteiger partial charge in [-0.2, -0.15) is 0 Å². The summed E-state index contributed by atoms with van der Waals surface area (Å²) in [5, 5.41) is 0. The minimum atomic E-state index is -3.64. The van der Waals surface area contributed by atoms with E-state index in [1.807, 2.05) is 0 Å². The van der Waals surface area contributed by atoms with Crippen LogP contribution in [0.25, 0.3) is 0 Å².